The Labute approximate surface area is 188 Å². The van der Waals surface area contributed by atoms with Crippen LogP contribution in [0.25, 0.3) is 21.3 Å². The predicted molar refractivity (Wildman–Crippen MR) is 128 cm³/mol. The van der Waals surface area contributed by atoms with Crippen molar-refractivity contribution >= 4 is 39.1 Å². The van der Waals surface area contributed by atoms with Crippen molar-refractivity contribution in [2.75, 3.05) is 12.9 Å². The van der Waals surface area contributed by atoms with Crippen LogP contribution in [-0.2, 0) is 0 Å². The highest BCUT2D eigenvalue weighted by Crippen LogP contribution is 2.32. The van der Waals surface area contributed by atoms with E-state index in [1.165, 1.54) is 28.7 Å². The number of hydrogen-bond acceptors (Lipinski definition) is 6. The Morgan fingerprint density at radius 1 is 1.19 bits per heavy atom. The van der Waals surface area contributed by atoms with Gasteiger partial charge in [-0.25, -0.2) is 4.98 Å². The second kappa shape index (κ2) is 9.08. The summed E-state index contributed by atoms with van der Waals surface area (Å²) in [5, 5.41) is 3.00. The molecule has 0 amide bonds. The van der Waals surface area contributed by atoms with E-state index in [2.05, 4.69) is 35.9 Å². The first kappa shape index (κ1) is 21.3. The number of hydrogen-bond donors (Lipinski definition) is 1. The van der Waals surface area contributed by atoms with Gasteiger partial charge >= 0.3 is 0 Å². The largest absolute Gasteiger partial charge is 0.497 e. The maximum atomic E-state index is 12.8. The molecule has 2 aromatic carbocycles. The monoisotopic (exact) mass is 450 g/mol. The van der Waals surface area contributed by atoms with Crippen molar-refractivity contribution in [1.29, 1.82) is 0 Å². The molecule has 0 aliphatic heterocycles. The highest BCUT2D eigenvalue weighted by Gasteiger charge is 2.15. The summed E-state index contributed by atoms with van der Waals surface area (Å²) < 4.78 is 5.17. The standard InChI is InChI=1S/C24H22N2O3S2/c1-14(2)15-7-9-16(10-8-15)19-12-30-23-21(19)22(28)25-24(26-23)31-13-20(27)17-5-4-6-18(11-17)29-3/h4-12,14H,13H2,1-3H3,(H,25,26,28). The van der Waals surface area contributed by atoms with Crippen LogP contribution in [0.15, 0.2) is 63.9 Å². The van der Waals surface area contributed by atoms with Crippen molar-refractivity contribution in [2.45, 2.75) is 24.9 Å². The SMILES string of the molecule is COc1cccc(C(=O)CSc2nc3scc(-c4ccc(C(C)C)cc4)c3c(=O)[nH]2)c1. The maximum absolute atomic E-state index is 12.8. The Morgan fingerprint density at radius 2 is 1.97 bits per heavy atom. The molecule has 0 aliphatic rings. The van der Waals surface area contributed by atoms with Gasteiger partial charge in [0.1, 0.15) is 10.6 Å². The number of H-pyrrole nitrogens is 1. The number of rotatable bonds is 7. The predicted octanol–water partition coefficient (Wildman–Crippen LogP) is 5.76. The number of benzene rings is 2. The van der Waals surface area contributed by atoms with Gasteiger partial charge in [0.15, 0.2) is 10.9 Å². The fraction of sp³-hybridized carbons (Fsp3) is 0.208. The summed E-state index contributed by atoms with van der Waals surface area (Å²) in [5.74, 6) is 1.22. The molecule has 0 unspecified atom stereocenters. The average Bonchev–Trinajstić information content (AvgIpc) is 3.22. The number of nitrogens with one attached hydrogen (secondary N) is 1. The van der Waals surface area contributed by atoms with Gasteiger partial charge in [0, 0.05) is 16.5 Å². The Kier molecular flexibility index (Phi) is 6.25. The lowest BCUT2D eigenvalue weighted by molar-refractivity contribution is 0.102. The summed E-state index contributed by atoms with van der Waals surface area (Å²) in [5.41, 5.74) is 3.52. The molecule has 1 N–H and O–H groups in total. The van der Waals surface area contributed by atoms with Gasteiger partial charge in [-0.2, -0.15) is 0 Å². The number of aromatic nitrogens is 2. The third-order valence-corrected chi connectivity index (χ3v) is 6.79. The number of thiophene rings is 1. The molecule has 4 aromatic rings. The van der Waals surface area contributed by atoms with Gasteiger partial charge in [-0.3, -0.25) is 9.59 Å². The van der Waals surface area contributed by atoms with Crippen molar-refractivity contribution in [3.63, 3.8) is 0 Å². The van der Waals surface area contributed by atoms with E-state index in [0.717, 1.165) is 11.1 Å². The number of ether oxygens (including phenoxy) is 1. The zero-order chi connectivity index (χ0) is 22.0. The Hall–Kier alpha value is -2.90. The number of ketones is 1. The molecule has 0 saturated heterocycles. The van der Waals surface area contributed by atoms with E-state index >= 15 is 0 Å². The number of nitrogens with zero attached hydrogens (tertiary/aromatic N) is 1. The topological polar surface area (TPSA) is 72.0 Å². The minimum Gasteiger partial charge on any atom is -0.497 e. The van der Waals surface area contributed by atoms with Crippen LogP contribution in [0.2, 0.25) is 0 Å². The highest BCUT2D eigenvalue weighted by molar-refractivity contribution is 7.99. The number of thioether (sulfide) groups is 1. The number of carbonyl (C=O) groups excluding carboxylic acids is 1. The van der Waals surface area contributed by atoms with Gasteiger partial charge in [0.2, 0.25) is 0 Å². The molecule has 2 heterocycles. The molecule has 0 fully saturated rings. The molecule has 0 aliphatic carbocycles. The molecule has 0 bridgehead atoms. The molecule has 0 radical (unpaired) electrons. The van der Waals surface area contributed by atoms with Crippen molar-refractivity contribution in [2.24, 2.45) is 0 Å². The van der Waals surface area contributed by atoms with Gasteiger partial charge in [-0.15, -0.1) is 11.3 Å². The van der Waals surface area contributed by atoms with E-state index in [1.54, 1.807) is 31.4 Å². The molecule has 4 rings (SSSR count). The average molecular weight is 451 g/mol. The van der Waals surface area contributed by atoms with Crippen LogP contribution in [0.3, 0.4) is 0 Å². The van der Waals surface area contributed by atoms with Crippen LogP contribution in [0.1, 0.15) is 35.7 Å². The summed E-state index contributed by atoms with van der Waals surface area (Å²) in [6, 6.07) is 15.3. The summed E-state index contributed by atoms with van der Waals surface area (Å²) in [7, 11) is 1.57. The van der Waals surface area contributed by atoms with Crippen molar-refractivity contribution in [1.82, 2.24) is 9.97 Å². The van der Waals surface area contributed by atoms with E-state index in [4.69, 9.17) is 4.74 Å². The molecule has 0 saturated carbocycles. The summed E-state index contributed by atoms with van der Waals surface area (Å²) in [4.78, 5) is 33.4. The maximum Gasteiger partial charge on any atom is 0.260 e. The fourth-order valence-corrected chi connectivity index (χ4v) is 5.03. The van der Waals surface area contributed by atoms with Gasteiger partial charge in [-0.05, 0) is 29.2 Å². The van der Waals surface area contributed by atoms with Crippen LogP contribution in [0, 0.1) is 0 Å². The molecule has 158 valence electrons. The third kappa shape index (κ3) is 4.57. The van der Waals surface area contributed by atoms with Crippen LogP contribution < -0.4 is 10.3 Å². The number of carbonyl (C=O) groups is 1. The third-order valence-electron chi connectivity index (χ3n) is 5.04. The number of aromatic amines is 1. The number of Topliss-reactive ketones (excluding diaryl/α,β-unsaturated/α-hetero) is 1. The number of fused-ring (bicyclic) bond motifs is 1. The quantitative estimate of drug-likeness (QED) is 0.220. The number of methoxy groups -OCH3 is 1. The molecule has 0 spiro atoms. The Bertz CT molecular complexity index is 1290. The first-order valence-electron chi connectivity index (χ1n) is 9.88. The summed E-state index contributed by atoms with van der Waals surface area (Å²) >= 11 is 2.66. The molecule has 7 heteroatoms. The second-order valence-electron chi connectivity index (χ2n) is 7.42. The zero-order valence-electron chi connectivity index (χ0n) is 17.5. The van der Waals surface area contributed by atoms with Gasteiger partial charge in [-0.1, -0.05) is 62.0 Å². The molecule has 0 atom stereocenters. The normalized spacial score (nSPS) is 11.2. The minimum absolute atomic E-state index is 0.0521. The fourth-order valence-electron chi connectivity index (χ4n) is 3.27. The van der Waals surface area contributed by atoms with E-state index in [-0.39, 0.29) is 17.1 Å². The lowest BCUT2D eigenvalue weighted by Gasteiger charge is -2.06. The molecule has 31 heavy (non-hydrogen) atoms. The molecular weight excluding hydrogens is 428 g/mol. The molecule has 2 aromatic heterocycles. The van der Waals surface area contributed by atoms with E-state index in [0.29, 0.717) is 32.6 Å². The van der Waals surface area contributed by atoms with Crippen LogP contribution in [0.4, 0.5) is 0 Å². The van der Waals surface area contributed by atoms with E-state index in [1.807, 2.05) is 17.5 Å². The van der Waals surface area contributed by atoms with Gasteiger partial charge in [0.05, 0.1) is 18.2 Å². The highest BCUT2D eigenvalue weighted by atomic mass is 32.2. The van der Waals surface area contributed by atoms with Crippen molar-refractivity contribution in [3.8, 4) is 16.9 Å². The van der Waals surface area contributed by atoms with Gasteiger partial charge in [0.25, 0.3) is 5.56 Å². The van der Waals surface area contributed by atoms with Gasteiger partial charge < -0.3 is 9.72 Å². The van der Waals surface area contributed by atoms with Crippen molar-refractivity contribution < 1.29 is 9.53 Å². The first-order chi connectivity index (χ1) is 15.0. The van der Waals surface area contributed by atoms with Crippen molar-refractivity contribution in [3.05, 3.63) is 75.4 Å². The smallest absolute Gasteiger partial charge is 0.260 e. The second-order valence-corrected chi connectivity index (χ2v) is 9.24. The van der Waals surface area contributed by atoms with Crippen LogP contribution in [0.5, 0.6) is 5.75 Å². The van der Waals surface area contributed by atoms with Crippen LogP contribution >= 0.6 is 23.1 Å². The Morgan fingerprint density at radius 3 is 2.68 bits per heavy atom. The Balaban J connectivity index is 1.56. The summed E-state index contributed by atoms with van der Waals surface area (Å²) in [6.07, 6.45) is 0. The van der Waals surface area contributed by atoms with E-state index < -0.39 is 0 Å². The van der Waals surface area contributed by atoms with Crippen LogP contribution in [-0.4, -0.2) is 28.6 Å². The molecular formula is C24H22N2O3S2. The lowest BCUT2D eigenvalue weighted by Crippen LogP contribution is -2.10. The minimum atomic E-state index is -0.189. The van der Waals surface area contributed by atoms with E-state index in [9.17, 15) is 9.59 Å². The lowest BCUT2D eigenvalue weighted by atomic mass is 9.99. The summed E-state index contributed by atoms with van der Waals surface area (Å²) in [6.45, 7) is 4.31. The first-order valence-corrected chi connectivity index (χ1v) is 11.7. The molecule has 5 nitrogen and oxygen atoms in total. The zero-order valence-corrected chi connectivity index (χ0v) is 19.1.